The Bertz CT molecular complexity index is 1130. The number of allylic oxidation sites excluding steroid dienone is 1. The molecule has 0 saturated carbocycles. The lowest BCUT2D eigenvalue weighted by atomic mass is 9.95. The van der Waals surface area contributed by atoms with Gasteiger partial charge in [-0.15, -0.1) is 0 Å². The van der Waals surface area contributed by atoms with Crippen LogP contribution >= 0.6 is 0 Å². The van der Waals surface area contributed by atoms with Crippen molar-refractivity contribution >= 4 is 16.1 Å². The van der Waals surface area contributed by atoms with Crippen molar-refractivity contribution in [2.75, 3.05) is 25.4 Å². The molecule has 0 atom stereocenters. The maximum Gasteiger partial charge on any atom is 0.216 e. The van der Waals surface area contributed by atoms with Crippen LogP contribution < -0.4 is 5.43 Å². The Morgan fingerprint density at radius 2 is 1.84 bits per heavy atom. The van der Waals surface area contributed by atoms with Gasteiger partial charge in [-0.2, -0.15) is 0 Å². The molecule has 0 amide bonds. The van der Waals surface area contributed by atoms with E-state index in [1.54, 1.807) is 0 Å². The number of sulfonamides is 1. The number of nitrogens with zero attached hydrogens (tertiary/aromatic N) is 2. The lowest BCUT2D eigenvalue weighted by Gasteiger charge is -2.30. The number of rotatable bonds is 7. The van der Waals surface area contributed by atoms with E-state index in [1.165, 1.54) is 33.8 Å². The van der Waals surface area contributed by atoms with Crippen molar-refractivity contribution in [3.8, 4) is 0 Å². The summed E-state index contributed by atoms with van der Waals surface area (Å²) in [5, 5.41) is 8.89. The Morgan fingerprint density at radius 1 is 1.19 bits per heavy atom. The second-order valence-corrected chi connectivity index (χ2v) is 10.4. The molecule has 1 fully saturated rings. The topological polar surface area (TPSA) is 91.1 Å². The fraction of sp³-hybridized carbons (Fsp3) is 0.435. The molecule has 4 rings (SSSR count). The van der Waals surface area contributed by atoms with E-state index in [0.717, 1.165) is 13.1 Å². The van der Waals surface area contributed by atoms with Gasteiger partial charge in [-0.05, 0) is 30.0 Å². The van der Waals surface area contributed by atoms with Crippen molar-refractivity contribution < 1.29 is 22.3 Å². The number of piperidine rings is 1. The summed E-state index contributed by atoms with van der Waals surface area (Å²) in [6.45, 7) is 2.04. The fourth-order valence-electron chi connectivity index (χ4n) is 4.31. The van der Waals surface area contributed by atoms with E-state index >= 15 is 0 Å². The highest BCUT2D eigenvalue weighted by molar-refractivity contribution is 7.89. The van der Waals surface area contributed by atoms with E-state index < -0.39 is 28.4 Å². The lowest BCUT2D eigenvalue weighted by Crippen LogP contribution is -2.40. The zero-order valence-electron chi connectivity index (χ0n) is 17.7. The van der Waals surface area contributed by atoms with Crippen LogP contribution in [-0.4, -0.2) is 48.2 Å². The summed E-state index contributed by atoms with van der Waals surface area (Å²) in [4.78, 5) is 14.7. The number of hydrogen-bond donors (Lipinski definition) is 1. The van der Waals surface area contributed by atoms with E-state index in [9.17, 15) is 17.6 Å². The summed E-state index contributed by atoms with van der Waals surface area (Å²) in [5.41, 5.74) is 2.38. The largest absolute Gasteiger partial charge is 0.467 e. The fourth-order valence-corrected chi connectivity index (χ4v) is 5.56. The third kappa shape index (κ3) is 5.17. The molecule has 0 unspecified atom stereocenters. The van der Waals surface area contributed by atoms with E-state index in [-0.39, 0.29) is 29.8 Å². The van der Waals surface area contributed by atoms with Gasteiger partial charge in [0.05, 0.1) is 24.5 Å². The smallest absolute Gasteiger partial charge is 0.216 e. The van der Waals surface area contributed by atoms with Gasteiger partial charge in [0.25, 0.3) is 0 Å². The second kappa shape index (κ2) is 9.66. The van der Waals surface area contributed by atoms with Gasteiger partial charge in [-0.25, -0.2) is 17.1 Å². The summed E-state index contributed by atoms with van der Waals surface area (Å²) >= 11 is 0. The van der Waals surface area contributed by atoms with Crippen LogP contribution in [0.15, 0.2) is 51.6 Å². The Hall–Kier alpha value is -2.33. The van der Waals surface area contributed by atoms with Crippen molar-refractivity contribution in [3.63, 3.8) is 0 Å². The van der Waals surface area contributed by atoms with Crippen LogP contribution in [0, 0.1) is 5.92 Å². The molecular formula is C23H27FN2O5S. The minimum atomic E-state index is -3.51. The maximum absolute atomic E-state index is 14.8. The van der Waals surface area contributed by atoms with Crippen molar-refractivity contribution in [1.82, 2.24) is 9.21 Å². The van der Waals surface area contributed by atoms with Crippen LogP contribution in [0.4, 0.5) is 4.39 Å². The molecule has 172 valence electrons. The first-order valence-corrected chi connectivity index (χ1v) is 12.3. The summed E-state index contributed by atoms with van der Waals surface area (Å²) in [5.74, 6) is -0.688. The van der Waals surface area contributed by atoms with Gasteiger partial charge in [0.2, 0.25) is 10.0 Å². The highest BCUT2D eigenvalue weighted by Gasteiger charge is 2.29. The minimum absolute atomic E-state index is 0.145. The first-order valence-electron chi connectivity index (χ1n) is 10.7. The molecular weight excluding hydrogens is 435 g/mol. The van der Waals surface area contributed by atoms with Crippen LogP contribution in [0.25, 0.3) is 6.08 Å². The summed E-state index contributed by atoms with van der Waals surface area (Å²) < 4.78 is 45.7. The number of benzene rings is 1. The maximum atomic E-state index is 14.8. The van der Waals surface area contributed by atoms with Gasteiger partial charge in [-0.1, -0.05) is 24.3 Å². The summed E-state index contributed by atoms with van der Waals surface area (Å²) in [7, 11) is -3.51. The van der Waals surface area contributed by atoms with Crippen molar-refractivity contribution in [2.45, 2.75) is 32.5 Å². The Morgan fingerprint density at radius 3 is 2.44 bits per heavy atom. The molecule has 0 aliphatic carbocycles. The summed E-state index contributed by atoms with van der Waals surface area (Å²) in [6, 6.07) is 9.61. The number of fused-ring (bicyclic) bond motifs is 1. The van der Waals surface area contributed by atoms with Crippen LogP contribution in [0.3, 0.4) is 0 Å². The molecule has 2 aliphatic rings. The molecule has 1 aromatic heterocycles. The zero-order valence-corrected chi connectivity index (χ0v) is 18.6. The molecule has 7 nitrogen and oxygen atoms in total. The number of halogens is 1. The van der Waals surface area contributed by atoms with E-state index in [0.29, 0.717) is 25.1 Å². The van der Waals surface area contributed by atoms with Crippen molar-refractivity contribution in [1.29, 1.82) is 0 Å². The minimum Gasteiger partial charge on any atom is -0.467 e. The van der Waals surface area contributed by atoms with E-state index in [1.807, 2.05) is 12.1 Å². The Labute approximate surface area is 186 Å². The molecule has 1 saturated heterocycles. The van der Waals surface area contributed by atoms with E-state index in [4.69, 9.17) is 9.52 Å². The average Bonchev–Trinajstić information content (AvgIpc) is 3.18. The molecule has 1 aromatic carbocycles. The molecule has 9 heteroatoms. The second-order valence-electron chi connectivity index (χ2n) is 8.32. The predicted octanol–water partition coefficient (Wildman–Crippen LogP) is 2.50. The van der Waals surface area contributed by atoms with Gasteiger partial charge in [0.1, 0.15) is 17.9 Å². The first kappa shape index (κ1) is 22.8. The number of aliphatic hydroxyl groups is 1. The van der Waals surface area contributed by atoms with Crippen molar-refractivity contribution in [3.05, 3.63) is 75.1 Å². The van der Waals surface area contributed by atoms with Gasteiger partial charge < -0.3 is 9.52 Å². The van der Waals surface area contributed by atoms with Crippen molar-refractivity contribution in [2.24, 2.45) is 5.92 Å². The van der Waals surface area contributed by atoms with Gasteiger partial charge in [0.15, 0.2) is 5.43 Å². The number of hydrogen-bond acceptors (Lipinski definition) is 6. The third-order valence-electron chi connectivity index (χ3n) is 6.08. The standard InChI is InChI=1S/C23H27FN2O5S/c24-22(17-5-7-26(8-6-17)32(29,30)10-9-27)11-20-16-31-21(12-23(20)28)15-25-13-18-3-1-2-4-19(18)14-25/h1-4,11-12,16-17,27H,5-10,13-15H2/b22-11-. The van der Waals surface area contributed by atoms with Crippen LogP contribution in [0.1, 0.15) is 35.3 Å². The molecule has 32 heavy (non-hydrogen) atoms. The Balaban J connectivity index is 1.37. The summed E-state index contributed by atoms with van der Waals surface area (Å²) in [6.07, 6.45) is 3.14. The zero-order chi connectivity index (χ0) is 22.7. The monoisotopic (exact) mass is 462 g/mol. The molecule has 2 aromatic rings. The lowest BCUT2D eigenvalue weighted by molar-refractivity contribution is 0.248. The van der Waals surface area contributed by atoms with Crippen LogP contribution in [-0.2, 0) is 29.7 Å². The predicted molar refractivity (Wildman–Crippen MR) is 119 cm³/mol. The number of aliphatic hydroxyl groups excluding tert-OH is 1. The Kier molecular flexibility index (Phi) is 6.90. The van der Waals surface area contributed by atoms with Crippen LogP contribution in [0.5, 0.6) is 0 Å². The molecule has 0 radical (unpaired) electrons. The molecule has 1 N–H and O–H groups in total. The van der Waals surface area contributed by atoms with Gasteiger partial charge in [0, 0.05) is 38.2 Å². The highest BCUT2D eigenvalue weighted by atomic mass is 32.2. The van der Waals surface area contributed by atoms with Gasteiger partial charge in [-0.3, -0.25) is 9.69 Å². The van der Waals surface area contributed by atoms with Crippen LogP contribution in [0.2, 0.25) is 0 Å². The third-order valence-corrected chi connectivity index (χ3v) is 7.93. The van der Waals surface area contributed by atoms with Gasteiger partial charge >= 0.3 is 0 Å². The quantitative estimate of drug-likeness (QED) is 0.680. The molecule has 0 spiro atoms. The normalized spacial score (nSPS) is 18.8. The molecule has 3 heterocycles. The molecule has 2 aliphatic heterocycles. The van der Waals surface area contributed by atoms with E-state index in [2.05, 4.69) is 17.0 Å². The first-order chi connectivity index (χ1) is 15.4. The molecule has 0 bridgehead atoms. The average molecular weight is 463 g/mol. The highest BCUT2D eigenvalue weighted by Crippen LogP contribution is 2.28. The SMILES string of the molecule is O=c1cc(CN2Cc3ccccc3C2)occ1/C=C(\F)C1CCN(S(=O)(=O)CCO)CC1.